The predicted molar refractivity (Wildman–Crippen MR) is 97.8 cm³/mol. The van der Waals surface area contributed by atoms with Gasteiger partial charge in [0.15, 0.2) is 0 Å². The van der Waals surface area contributed by atoms with Crippen molar-refractivity contribution < 1.29 is 14.2 Å². The first-order valence-corrected chi connectivity index (χ1v) is 8.11. The Bertz CT molecular complexity index is 951. The van der Waals surface area contributed by atoms with E-state index in [1.54, 1.807) is 6.08 Å². The molecule has 0 N–H and O–H groups in total. The number of nitro benzene ring substituents is 1. The molecule has 0 bridgehead atoms. The molecule has 1 heterocycles. The molecule has 0 saturated carbocycles. The van der Waals surface area contributed by atoms with Crippen LogP contribution >= 0.6 is 0 Å². The van der Waals surface area contributed by atoms with Gasteiger partial charge in [-0.05, 0) is 12.1 Å². The maximum Gasteiger partial charge on any atom is 0.269 e. The van der Waals surface area contributed by atoms with Gasteiger partial charge in [0.1, 0.15) is 6.54 Å². The summed E-state index contributed by atoms with van der Waals surface area (Å²) in [5, 5.41) is 14.7. The monoisotopic (exact) mass is 364 g/mol. The Hall–Kier alpha value is -3.81. The van der Waals surface area contributed by atoms with Crippen molar-refractivity contribution in [1.29, 1.82) is 0 Å². The minimum absolute atomic E-state index is 0.0776. The molecule has 0 aliphatic heterocycles. The van der Waals surface area contributed by atoms with E-state index >= 15 is 0 Å². The molecule has 0 spiro atoms. The highest BCUT2D eigenvalue weighted by molar-refractivity contribution is 5.94. The minimum Gasteiger partial charge on any atom is -0.337 e. The van der Waals surface area contributed by atoms with Crippen molar-refractivity contribution in [2.24, 2.45) is 0 Å². The van der Waals surface area contributed by atoms with Gasteiger partial charge in [0, 0.05) is 29.8 Å². The summed E-state index contributed by atoms with van der Waals surface area (Å²) in [4.78, 5) is 28.7. The average Bonchev–Trinajstić information content (AvgIpc) is 3.16. The Labute approximate surface area is 154 Å². The highest BCUT2D eigenvalue weighted by atomic mass is 16.6. The van der Waals surface area contributed by atoms with Crippen LogP contribution < -0.4 is 0 Å². The SMILES string of the molecule is C=CCN(Cc1nc(-c2ccccc2)no1)C(=O)c1ccc([N+](=O)[O-])cc1. The topological polar surface area (TPSA) is 102 Å². The smallest absolute Gasteiger partial charge is 0.269 e. The second kappa shape index (κ2) is 8.05. The molecule has 0 aliphatic rings. The summed E-state index contributed by atoms with van der Waals surface area (Å²) >= 11 is 0. The van der Waals surface area contributed by atoms with Crippen LogP contribution in [0.3, 0.4) is 0 Å². The maximum absolute atomic E-state index is 12.7. The first-order chi connectivity index (χ1) is 13.1. The van der Waals surface area contributed by atoms with E-state index in [9.17, 15) is 14.9 Å². The number of benzene rings is 2. The molecule has 0 unspecified atom stereocenters. The van der Waals surface area contributed by atoms with Gasteiger partial charge in [0.2, 0.25) is 11.7 Å². The van der Waals surface area contributed by atoms with E-state index in [4.69, 9.17) is 4.52 Å². The second-order valence-corrected chi connectivity index (χ2v) is 5.66. The van der Waals surface area contributed by atoms with Gasteiger partial charge in [0.05, 0.1) is 4.92 Å². The van der Waals surface area contributed by atoms with E-state index < -0.39 is 4.92 Å². The summed E-state index contributed by atoms with van der Waals surface area (Å²) < 4.78 is 5.25. The van der Waals surface area contributed by atoms with Crippen molar-refractivity contribution in [3.05, 3.63) is 88.8 Å². The standard InChI is InChI=1S/C19H16N4O4/c1-2-12-22(19(24)15-8-10-16(11-9-15)23(25)26)13-17-20-18(21-27-17)14-6-4-3-5-7-14/h2-11H,1,12-13H2. The molecule has 0 saturated heterocycles. The third-order valence-electron chi connectivity index (χ3n) is 3.79. The molecule has 3 rings (SSSR count). The molecule has 0 fully saturated rings. The Kier molecular flexibility index (Phi) is 5.36. The molecule has 3 aromatic rings. The third-order valence-corrected chi connectivity index (χ3v) is 3.79. The first-order valence-electron chi connectivity index (χ1n) is 8.11. The van der Waals surface area contributed by atoms with Gasteiger partial charge in [-0.1, -0.05) is 41.6 Å². The molecule has 1 amide bonds. The lowest BCUT2D eigenvalue weighted by Crippen LogP contribution is -2.30. The van der Waals surface area contributed by atoms with Crippen molar-refractivity contribution in [1.82, 2.24) is 15.0 Å². The zero-order valence-corrected chi connectivity index (χ0v) is 14.3. The lowest BCUT2D eigenvalue weighted by Gasteiger charge is -2.19. The summed E-state index contributed by atoms with van der Waals surface area (Å²) in [5.41, 5.74) is 1.06. The van der Waals surface area contributed by atoms with Gasteiger partial charge >= 0.3 is 0 Å². The number of nitro groups is 1. The lowest BCUT2D eigenvalue weighted by molar-refractivity contribution is -0.384. The van der Waals surface area contributed by atoms with Crippen LogP contribution in [0.4, 0.5) is 5.69 Å². The summed E-state index contributed by atoms with van der Waals surface area (Å²) in [6, 6.07) is 14.8. The highest BCUT2D eigenvalue weighted by Gasteiger charge is 2.19. The fourth-order valence-corrected chi connectivity index (χ4v) is 2.47. The molecule has 27 heavy (non-hydrogen) atoms. The fourth-order valence-electron chi connectivity index (χ4n) is 2.47. The van der Waals surface area contributed by atoms with Gasteiger partial charge < -0.3 is 9.42 Å². The van der Waals surface area contributed by atoms with Crippen LogP contribution in [0.15, 0.2) is 71.8 Å². The third kappa shape index (κ3) is 4.24. The number of nitrogens with zero attached hydrogens (tertiary/aromatic N) is 4. The average molecular weight is 364 g/mol. The molecule has 136 valence electrons. The van der Waals surface area contributed by atoms with Gasteiger partial charge in [0.25, 0.3) is 11.6 Å². The number of carbonyl (C=O) groups is 1. The molecule has 0 aliphatic carbocycles. The van der Waals surface area contributed by atoms with Gasteiger partial charge in [-0.3, -0.25) is 14.9 Å². The van der Waals surface area contributed by atoms with Crippen molar-refractivity contribution in [2.45, 2.75) is 6.54 Å². The van der Waals surface area contributed by atoms with Crippen LogP contribution in [0.5, 0.6) is 0 Å². The first kappa shape index (κ1) is 18.0. The van der Waals surface area contributed by atoms with E-state index in [-0.39, 0.29) is 30.6 Å². The largest absolute Gasteiger partial charge is 0.337 e. The zero-order valence-electron chi connectivity index (χ0n) is 14.3. The van der Waals surface area contributed by atoms with E-state index in [0.29, 0.717) is 11.4 Å². The summed E-state index contributed by atoms with van der Waals surface area (Å²) in [6.07, 6.45) is 1.58. The van der Waals surface area contributed by atoms with Crippen LogP contribution in [0.1, 0.15) is 16.2 Å². The summed E-state index contributed by atoms with van der Waals surface area (Å²) in [6.45, 7) is 4.02. The molecule has 0 radical (unpaired) electrons. The quantitative estimate of drug-likeness (QED) is 0.361. The normalized spacial score (nSPS) is 10.4. The van der Waals surface area contributed by atoms with E-state index in [0.717, 1.165) is 5.56 Å². The van der Waals surface area contributed by atoms with Gasteiger partial charge in [-0.15, -0.1) is 6.58 Å². The molecular formula is C19H16N4O4. The van der Waals surface area contributed by atoms with E-state index in [2.05, 4.69) is 16.7 Å². The summed E-state index contributed by atoms with van der Waals surface area (Å²) in [5.74, 6) is 0.405. The molecular weight excluding hydrogens is 348 g/mol. The molecule has 0 atom stereocenters. The van der Waals surface area contributed by atoms with Gasteiger partial charge in [-0.2, -0.15) is 4.98 Å². The molecule has 8 heteroatoms. The number of rotatable bonds is 7. The number of non-ortho nitro benzene ring substituents is 1. The van der Waals surface area contributed by atoms with Crippen molar-refractivity contribution >= 4 is 11.6 Å². The van der Waals surface area contributed by atoms with E-state index in [1.807, 2.05) is 30.3 Å². The van der Waals surface area contributed by atoms with Crippen LogP contribution in [0, 0.1) is 10.1 Å². The van der Waals surface area contributed by atoms with Gasteiger partial charge in [-0.25, -0.2) is 0 Å². The Morgan fingerprint density at radius 3 is 2.52 bits per heavy atom. The Morgan fingerprint density at radius 2 is 1.89 bits per heavy atom. The number of hydrogen-bond donors (Lipinski definition) is 0. The lowest BCUT2D eigenvalue weighted by atomic mass is 10.2. The molecule has 8 nitrogen and oxygen atoms in total. The van der Waals surface area contributed by atoms with Crippen molar-refractivity contribution in [2.75, 3.05) is 6.54 Å². The number of hydrogen-bond acceptors (Lipinski definition) is 6. The zero-order chi connectivity index (χ0) is 19.2. The fraction of sp³-hybridized carbons (Fsp3) is 0.105. The van der Waals surface area contributed by atoms with Crippen molar-refractivity contribution in [3.8, 4) is 11.4 Å². The van der Waals surface area contributed by atoms with Crippen LogP contribution in [0.25, 0.3) is 11.4 Å². The van der Waals surface area contributed by atoms with E-state index in [1.165, 1.54) is 29.2 Å². The van der Waals surface area contributed by atoms with Crippen LogP contribution in [-0.4, -0.2) is 32.4 Å². The number of aromatic nitrogens is 2. The second-order valence-electron chi connectivity index (χ2n) is 5.66. The number of amides is 1. The minimum atomic E-state index is -0.515. The number of carbonyl (C=O) groups excluding carboxylic acids is 1. The predicted octanol–water partition coefficient (Wildman–Crippen LogP) is 3.47. The van der Waals surface area contributed by atoms with Crippen LogP contribution in [-0.2, 0) is 6.54 Å². The summed E-state index contributed by atoms with van der Waals surface area (Å²) in [7, 11) is 0. The Balaban J connectivity index is 1.77. The van der Waals surface area contributed by atoms with Crippen molar-refractivity contribution in [3.63, 3.8) is 0 Å². The Morgan fingerprint density at radius 1 is 1.19 bits per heavy atom. The molecule has 1 aromatic heterocycles. The van der Waals surface area contributed by atoms with Crippen LogP contribution in [0.2, 0.25) is 0 Å². The highest BCUT2D eigenvalue weighted by Crippen LogP contribution is 2.17. The molecule has 2 aromatic carbocycles. The maximum atomic E-state index is 12.7.